The van der Waals surface area contributed by atoms with Crippen molar-refractivity contribution in [1.82, 2.24) is 15.5 Å². The van der Waals surface area contributed by atoms with Crippen LogP contribution in [0.4, 0.5) is 0 Å². The van der Waals surface area contributed by atoms with Gasteiger partial charge in [0.2, 0.25) is 11.8 Å². The molecule has 6 nitrogen and oxygen atoms in total. The standard InChI is InChI=1S/C11H19N3O3/c1-8-10(16)13-9(15)6-14(8)7-11(17)2-4-12-5-3-11/h8,12,17H,2-7H2,1H3,(H,13,15,16). The lowest BCUT2D eigenvalue weighted by molar-refractivity contribution is -0.141. The van der Waals surface area contributed by atoms with Gasteiger partial charge in [0.15, 0.2) is 0 Å². The fourth-order valence-corrected chi connectivity index (χ4v) is 2.39. The van der Waals surface area contributed by atoms with Crippen LogP contribution < -0.4 is 10.6 Å². The van der Waals surface area contributed by atoms with Gasteiger partial charge in [0.05, 0.1) is 18.2 Å². The van der Waals surface area contributed by atoms with E-state index in [4.69, 9.17) is 0 Å². The van der Waals surface area contributed by atoms with Crippen molar-refractivity contribution in [1.29, 1.82) is 0 Å². The highest BCUT2D eigenvalue weighted by Crippen LogP contribution is 2.21. The summed E-state index contributed by atoms with van der Waals surface area (Å²) < 4.78 is 0. The fraction of sp³-hybridized carbons (Fsp3) is 0.818. The molecule has 2 heterocycles. The van der Waals surface area contributed by atoms with Crippen molar-refractivity contribution in [2.45, 2.75) is 31.4 Å². The van der Waals surface area contributed by atoms with Crippen LogP contribution in [0.5, 0.6) is 0 Å². The molecule has 0 bridgehead atoms. The number of carbonyl (C=O) groups excluding carboxylic acids is 2. The average Bonchev–Trinajstić information content (AvgIpc) is 2.26. The Hall–Kier alpha value is -0.980. The van der Waals surface area contributed by atoms with Crippen LogP contribution in [0.25, 0.3) is 0 Å². The SMILES string of the molecule is CC1C(=O)NC(=O)CN1CC1(O)CCNCC1. The Kier molecular flexibility index (Phi) is 3.46. The third-order valence-corrected chi connectivity index (χ3v) is 3.57. The Morgan fingerprint density at radius 3 is 2.71 bits per heavy atom. The van der Waals surface area contributed by atoms with Crippen LogP contribution in [-0.4, -0.2) is 59.6 Å². The highest BCUT2D eigenvalue weighted by molar-refractivity contribution is 6.00. The second kappa shape index (κ2) is 4.72. The van der Waals surface area contributed by atoms with E-state index in [1.54, 1.807) is 11.8 Å². The summed E-state index contributed by atoms with van der Waals surface area (Å²) in [4.78, 5) is 24.6. The molecule has 96 valence electrons. The third kappa shape index (κ3) is 2.83. The molecule has 2 aliphatic rings. The highest BCUT2D eigenvalue weighted by atomic mass is 16.3. The number of piperazine rings is 1. The van der Waals surface area contributed by atoms with Crippen molar-refractivity contribution in [2.75, 3.05) is 26.2 Å². The number of rotatable bonds is 2. The Bertz CT molecular complexity index is 326. The Morgan fingerprint density at radius 1 is 1.41 bits per heavy atom. The van der Waals surface area contributed by atoms with Gasteiger partial charge in [-0.2, -0.15) is 0 Å². The smallest absolute Gasteiger partial charge is 0.243 e. The zero-order valence-electron chi connectivity index (χ0n) is 10.0. The maximum absolute atomic E-state index is 11.5. The molecule has 0 aromatic carbocycles. The molecule has 3 N–H and O–H groups in total. The summed E-state index contributed by atoms with van der Waals surface area (Å²) in [5.74, 6) is -0.565. The van der Waals surface area contributed by atoms with Crippen LogP contribution in [-0.2, 0) is 9.59 Å². The first kappa shape index (κ1) is 12.5. The second-order valence-corrected chi connectivity index (χ2v) is 4.97. The maximum Gasteiger partial charge on any atom is 0.243 e. The lowest BCUT2D eigenvalue weighted by Crippen LogP contribution is -2.61. The number of carbonyl (C=O) groups is 2. The van der Waals surface area contributed by atoms with Gasteiger partial charge in [-0.05, 0) is 32.9 Å². The van der Waals surface area contributed by atoms with Crippen LogP contribution in [0.3, 0.4) is 0 Å². The summed E-state index contributed by atoms with van der Waals surface area (Å²) in [6.45, 7) is 3.88. The zero-order chi connectivity index (χ0) is 12.5. The van der Waals surface area contributed by atoms with Crippen molar-refractivity contribution < 1.29 is 14.7 Å². The van der Waals surface area contributed by atoms with Crippen LogP contribution in [0.2, 0.25) is 0 Å². The van der Waals surface area contributed by atoms with E-state index in [1.807, 2.05) is 0 Å². The first-order valence-electron chi connectivity index (χ1n) is 6.01. The summed E-state index contributed by atoms with van der Waals surface area (Å²) in [6.07, 6.45) is 1.32. The molecule has 0 radical (unpaired) electrons. The molecule has 1 atom stereocenters. The summed E-state index contributed by atoms with van der Waals surface area (Å²) in [5.41, 5.74) is -0.780. The van der Waals surface area contributed by atoms with Crippen molar-refractivity contribution in [3.63, 3.8) is 0 Å². The van der Waals surface area contributed by atoms with E-state index in [1.165, 1.54) is 0 Å². The van der Waals surface area contributed by atoms with Gasteiger partial charge < -0.3 is 10.4 Å². The Balaban J connectivity index is 2.01. The van der Waals surface area contributed by atoms with E-state index < -0.39 is 5.60 Å². The normalized spacial score (nSPS) is 30.1. The molecular weight excluding hydrogens is 222 g/mol. The van der Waals surface area contributed by atoms with Crippen molar-refractivity contribution in [3.8, 4) is 0 Å². The first-order chi connectivity index (χ1) is 8.00. The predicted molar refractivity (Wildman–Crippen MR) is 61.2 cm³/mol. The van der Waals surface area contributed by atoms with E-state index in [-0.39, 0.29) is 24.4 Å². The quantitative estimate of drug-likeness (QED) is 0.510. The predicted octanol–water partition coefficient (Wildman–Crippen LogP) is -1.55. The van der Waals surface area contributed by atoms with Gasteiger partial charge in [0, 0.05) is 6.54 Å². The van der Waals surface area contributed by atoms with Gasteiger partial charge in [-0.1, -0.05) is 0 Å². The van der Waals surface area contributed by atoms with E-state index >= 15 is 0 Å². The van der Waals surface area contributed by atoms with E-state index in [0.29, 0.717) is 19.4 Å². The second-order valence-electron chi connectivity index (χ2n) is 4.97. The van der Waals surface area contributed by atoms with E-state index in [0.717, 1.165) is 13.1 Å². The largest absolute Gasteiger partial charge is 0.388 e. The molecule has 2 rings (SSSR count). The number of β-amino-alcohol motifs (C(OH)–C–C–N with tert-alkyl or cyclic N) is 1. The van der Waals surface area contributed by atoms with Crippen LogP contribution in [0.15, 0.2) is 0 Å². The molecular formula is C11H19N3O3. The number of aliphatic hydroxyl groups is 1. The number of hydrogen-bond acceptors (Lipinski definition) is 5. The maximum atomic E-state index is 11.5. The Morgan fingerprint density at radius 2 is 2.06 bits per heavy atom. The molecule has 0 aromatic rings. The van der Waals surface area contributed by atoms with Crippen LogP contribution >= 0.6 is 0 Å². The van der Waals surface area contributed by atoms with Gasteiger partial charge in [-0.15, -0.1) is 0 Å². The summed E-state index contributed by atoms with van der Waals surface area (Å²) in [7, 11) is 0. The van der Waals surface area contributed by atoms with Gasteiger partial charge in [-0.25, -0.2) is 0 Å². The number of nitrogens with one attached hydrogen (secondary N) is 2. The third-order valence-electron chi connectivity index (χ3n) is 3.57. The summed E-state index contributed by atoms with van der Waals surface area (Å²) >= 11 is 0. The zero-order valence-corrected chi connectivity index (χ0v) is 10.0. The minimum absolute atomic E-state index is 0.183. The van der Waals surface area contributed by atoms with Crippen molar-refractivity contribution in [2.24, 2.45) is 0 Å². The number of amides is 2. The molecule has 6 heteroatoms. The summed E-state index contributed by atoms with van der Waals surface area (Å²) in [6, 6.07) is -0.355. The molecule has 17 heavy (non-hydrogen) atoms. The van der Waals surface area contributed by atoms with Crippen molar-refractivity contribution >= 4 is 11.8 Å². The molecule has 2 saturated heterocycles. The summed E-state index contributed by atoms with van der Waals surface area (Å²) in [5, 5.41) is 15.9. The van der Waals surface area contributed by atoms with Gasteiger partial charge in [-0.3, -0.25) is 19.8 Å². The molecule has 0 saturated carbocycles. The number of imide groups is 1. The molecule has 2 amide bonds. The molecule has 1 unspecified atom stereocenters. The van der Waals surface area contributed by atoms with E-state index in [2.05, 4.69) is 10.6 Å². The first-order valence-corrected chi connectivity index (χ1v) is 6.01. The minimum Gasteiger partial charge on any atom is -0.388 e. The average molecular weight is 241 g/mol. The van der Waals surface area contributed by atoms with Gasteiger partial charge in [0.25, 0.3) is 0 Å². The van der Waals surface area contributed by atoms with Gasteiger partial charge in [0.1, 0.15) is 0 Å². The van der Waals surface area contributed by atoms with Crippen LogP contribution in [0, 0.1) is 0 Å². The monoisotopic (exact) mass is 241 g/mol. The molecule has 0 aromatic heterocycles. The minimum atomic E-state index is -0.780. The lowest BCUT2D eigenvalue weighted by atomic mass is 9.91. The molecule has 0 spiro atoms. The molecule has 2 fully saturated rings. The van der Waals surface area contributed by atoms with Crippen molar-refractivity contribution in [3.05, 3.63) is 0 Å². The highest BCUT2D eigenvalue weighted by Gasteiger charge is 2.37. The van der Waals surface area contributed by atoms with Gasteiger partial charge >= 0.3 is 0 Å². The number of piperidine rings is 1. The molecule has 0 aliphatic carbocycles. The Labute approximate surface area is 100 Å². The van der Waals surface area contributed by atoms with Crippen LogP contribution in [0.1, 0.15) is 19.8 Å². The lowest BCUT2D eigenvalue weighted by Gasteiger charge is -2.40. The van der Waals surface area contributed by atoms with E-state index in [9.17, 15) is 14.7 Å². The number of nitrogens with zero attached hydrogens (tertiary/aromatic N) is 1. The fourth-order valence-electron chi connectivity index (χ4n) is 2.39. The molecule has 2 aliphatic heterocycles. The number of hydrogen-bond donors (Lipinski definition) is 3. The topological polar surface area (TPSA) is 81.7 Å².